The van der Waals surface area contributed by atoms with E-state index >= 15 is 0 Å². The molecule has 0 aromatic carbocycles. The molecule has 0 saturated heterocycles. The third-order valence-corrected chi connectivity index (χ3v) is 9.96. The van der Waals surface area contributed by atoms with Gasteiger partial charge in [-0.1, -0.05) is 194 Å². The van der Waals surface area contributed by atoms with Gasteiger partial charge in [-0.05, 0) is 19.3 Å². The summed E-state index contributed by atoms with van der Waals surface area (Å²) >= 11 is 0. The van der Waals surface area contributed by atoms with Gasteiger partial charge in [-0.2, -0.15) is 0 Å². The first-order valence-electron chi connectivity index (χ1n) is 21.7. The maximum Gasteiger partial charge on any atom is 0.340 e. The van der Waals surface area contributed by atoms with Crippen LogP contribution in [0.1, 0.15) is 220 Å². The molecular weight excluding hydrogens is 660 g/mol. The quantitative estimate of drug-likeness (QED) is 0.0273. The Bertz CT molecular complexity index is 877. The Morgan fingerprint density at radius 1 is 0.442 bits per heavy atom. The molecule has 2 N–H and O–H groups in total. The van der Waals surface area contributed by atoms with Crippen molar-refractivity contribution >= 4 is 23.9 Å². The van der Waals surface area contributed by atoms with E-state index in [0.29, 0.717) is 19.3 Å². The number of aliphatic carboxylic acids is 1. The predicted octanol–water partition coefficient (Wildman–Crippen LogP) is 11.2. The monoisotopic (exact) mass is 741 g/mol. The van der Waals surface area contributed by atoms with Crippen molar-refractivity contribution in [3.63, 3.8) is 0 Å². The Labute approximate surface area is 318 Å². The highest BCUT2D eigenvalue weighted by molar-refractivity contribution is 6.03. The summed E-state index contributed by atoms with van der Waals surface area (Å²) in [5, 5.41) is 21.5. The molecule has 2 unspecified atom stereocenters. The van der Waals surface area contributed by atoms with Crippen molar-refractivity contribution in [2.75, 3.05) is 19.8 Å². The maximum atomic E-state index is 13.3. The summed E-state index contributed by atoms with van der Waals surface area (Å²) in [6, 6.07) is 0. The van der Waals surface area contributed by atoms with Gasteiger partial charge in [0.15, 0.2) is 11.5 Å². The average molecular weight is 741 g/mol. The van der Waals surface area contributed by atoms with Crippen LogP contribution in [0.25, 0.3) is 0 Å². The molecule has 0 fully saturated rings. The second-order valence-corrected chi connectivity index (χ2v) is 14.9. The lowest BCUT2D eigenvalue weighted by Gasteiger charge is -2.29. The molecule has 2 atom stereocenters. The summed E-state index contributed by atoms with van der Waals surface area (Å²) in [4.78, 5) is 51.6. The van der Waals surface area contributed by atoms with E-state index in [2.05, 4.69) is 20.8 Å². The van der Waals surface area contributed by atoms with Crippen molar-refractivity contribution in [3.05, 3.63) is 0 Å². The molecule has 0 amide bonds. The van der Waals surface area contributed by atoms with Gasteiger partial charge in [0, 0.05) is 0 Å². The number of carbonyl (C=O) groups excluding carboxylic acids is 3. The Morgan fingerprint density at radius 3 is 1.06 bits per heavy atom. The van der Waals surface area contributed by atoms with Crippen molar-refractivity contribution in [3.8, 4) is 0 Å². The first-order valence-corrected chi connectivity index (χ1v) is 21.7. The number of carboxylic acids is 1. The van der Waals surface area contributed by atoms with Crippen molar-refractivity contribution < 1.29 is 43.6 Å². The van der Waals surface area contributed by atoms with Crippen LogP contribution in [-0.4, -0.2) is 59.5 Å². The topological polar surface area (TPSA) is 136 Å². The minimum atomic E-state index is -2.95. The van der Waals surface area contributed by atoms with Gasteiger partial charge in [0.05, 0.1) is 26.2 Å². The zero-order valence-electron chi connectivity index (χ0n) is 33.9. The summed E-state index contributed by atoms with van der Waals surface area (Å²) < 4.78 is 15.9. The predicted molar refractivity (Wildman–Crippen MR) is 209 cm³/mol. The third kappa shape index (κ3) is 27.4. The van der Waals surface area contributed by atoms with Crippen molar-refractivity contribution in [1.82, 2.24) is 0 Å². The van der Waals surface area contributed by atoms with Crippen LogP contribution in [0, 0.1) is 5.92 Å². The lowest BCUT2D eigenvalue weighted by atomic mass is 9.84. The molecule has 0 bridgehead atoms. The van der Waals surface area contributed by atoms with E-state index in [-0.39, 0.29) is 19.8 Å². The molecule has 0 aromatic rings. The second-order valence-electron chi connectivity index (χ2n) is 14.9. The Kier molecular flexibility index (Phi) is 34.4. The largest absolute Gasteiger partial charge is 0.481 e. The number of esters is 3. The third-order valence-electron chi connectivity index (χ3n) is 9.96. The number of hydrogen-bond donors (Lipinski definition) is 2. The van der Waals surface area contributed by atoms with Crippen LogP contribution in [0.15, 0.2) is 0 Å². The zero-order valence-corrected chi connectivity index (χ0v) is 33.9. The Balaban J connectivity index is 4.98. The minimum absolute atomic E-state index is 0.0357. The molecule has 9 nitrogen and oxygen atoms in total. The van der Waals surface area contributed by atoms with E-state index in [4.69, 9.17) is 14.2 Å². The normalized spacial score (nSPS) is 13.0. The lowest BCUT2D eigenvalue weighted by Crippen LogP contribution is -2.55. The molecule has 9 heteroatoms. The van der Waals surface area contributed by atoms with Crippen LogP contribution in [0.2, 0.25) is 0 Å². The molecule has 0 spiro atoms. The molecule has 0 rings (SSSR count). The zero-order chi connectivity index (χ0) is 38.5. The number of unbranched alkanes of at least 4 members (excludes halogenated alkanes) is 27. The molecule has 0 aliphatic carbocycles. The van der Waals surface area contributed by atoms with Gasteiger partial charge >= 0.3 is 23.9 Å². The summed E-state index contributed by atoms with van der Waals surface area (Å²) in [6.45, 7) is 6.61. The Hall–Kier alpha value is -2.16. The molecule has 0 radical (unpaired) electrons. The summed E-state index contributed by atoms with van der Waals surface area (Å²) in [5.74, 6) is -7.61. The molecular formula is C43H80O9. The summed E-state index contributed by atoms with van der Waals surface area (Å²) in [5.41, 5.74) is -2.95. The number of hydrogen-bond acceptors (Lipinski definition) is 8. The first-order chi connectivity index (χ1) is 25.2. The standard InChI is InChI=1S/C43H80O9/c1-4-7-10-13-16-19-22-25-28-31-34-50-38(44)37-43(49,42(48)52-36-33-30-27-24-21-18-15-12-9-6-3)39(40(45)46)41(47)51-35-32-29-26-23-20-17-14-11-8-5-2/h39,49H,4-37H2,1-3H3,(H,45,46). The van der Waals surface area contributed by atoms with Gasteiger partial charge in [0.1, 0.15) is 0 Å². The number of carboxylic acid groups (broad SMARTS) is 1. The van der Waals surface area contributed by atoms with Gasteiger partial charge < -0.3 is 24.4 Å². The van der Waals surface area contributed by atoms with E-state index in [0.717, 1.165) is 70.6 Å². The minimum Gasteiger partial charge on any atom is -0.481 e. The lowest BCUT2D eigenvalue weighted by molar-refractivity contribution is -0.192. The summed E-state index contributed by atoms with van der Waals surface area (Å²) in [6.07, 6.45) is 31.7. The number of aliphatic hydroxyl groups is 1. The average Bonchev–Trinajstić information content (AvgIpc) is 3.11. The number of ether oxygens (including phenoxy) is 3. The van der Waals surface area contributed by atoms with Gasteiger partial charge in [0.2, 0.25) is 0 Å². The van der Waals surface area contributed by atoms with E-state index in [9.17, 15) is 29.4 Å². The number of carbonyl (C=O) groups is 4. The van der Waals surface area contributed by atoms with E-state index in [1.165, 1.54) is 103 Å². The van der Waals surface area contributed by atoms with E-state index in [1.807, 2.05) is 0 Å². The van der Waals surface area contributed by atoms with E-state index < -0.39 is 41.8 Å². The fourth-order valence-corrected chi connectivity index (χ4v) is 6.56. The Morgan fingerprint density at radius 2 is 0.731 bits per heavy atom. The fraction of sp³-hybridized carbons (Fsp3) is 0.907. The van der Waals surface area contributed by atoms with Crippen LogP contribution in [0.5, 0.6) is 0 Å². The van der Waals surface area contributed by atoms with Gasteiger partial charge in [-0.25, -0.2) is 4.79 Å². The van der Waals surface area contributed by atoms with Crippen LogP contribution >= 0.6 is 0 Å². The van der Waals surface area contributed by atoms with Crippen molar-refractivity contribution in [1.29, 1.82) is 0 Å². The van der Waals surface area contributed by atoms with Gasteiger partial charge in [-0.3, -0.25) is 14.4 Å². The molecule has 0 heterocycles. The second kappa shape index (κ2) is 35.8. The van der Waals surface area contributed by atoms with Crippen LogP contribution in [-0.2, 0) is 33.4 Å². The fourth-order valence-electron chi connectivity index (χ4n) is 6.56. The molecule has 52 heavy (non-hydrogen) atoms. The molecule has 0 saturated carbocycles. The van der Waals surface area contributed by atoms with Crippen molar-refractivity contribution in [2.24, 2.45) is 5.92 Å². The van der Waals surface area contributed by atoms with Crippen LogP contribution < -0.4 is 0 Å². The van der Waals surface area contributed by atoms with Crippen LogP contribution in [0.3, 0.4) is 0 Å². The molecule has 0 aromatic heterocycles. The highest BCUT2D eigenvalue weighted by atomic mass is 16.6. The highest BCUT2D eigenvalue weighted by Gasteiger charge is 2.56. The number of rotatable bonds is 39. The molecule has 306 valence electrons. The molecule has 0 aliphatic rings. The SMILES string of the molecule is CCCCCCCCCCCCOC(=O)CC(O)(C(=O)OCCCCCCCCCCCC)C(C(=O)O)C(=O)OCCCCCCCCCCCC. The smallest absolute Gasteiger partial charge is 0.340 e. The van der Waals surface area contributed by atoms with Gasteiger partial charge in [0.25, 0.3) is 0 Å². The maximum absolute atomic E-state index is 13.3. The van der Waals surface area contributed by atoms with Gasteiger partial charge in [-0.15, -0.1) is 0 Å². The summed E-state index contributed by atoms with van der Waals surface area (Å²) in [7, 11) is 0. The van der Waals surface area contributed by atoms with E-state index in [1.54, 1.807) is 0 Å². The first kappa shape index (κ1) is 49.8. The highest BCUT2D eigenvalue weighted by Crippen LogP contribution is 2.27. The van der Waals surface area contributed by atoms with Crippen molar-refractivity contribution in [2.45, 2.75) is 225 Å². The molecule has 0 aliphatic heterocycles. The van der Waals surface area contributed by atoms with Crippen LogP contribution in [0.4, 0.5) is 0 Å².